The first-order chi connectivity index (χ1) is 14.1. The second kappa shape index (κ2) is 8.51. The minimum absolute atomic E-state index is 0.149. The summed E-state index contributed by atoms with van der Waals surface area (Å²) in [6.45, 7) is 2.54. The third kappa shape index (κ3) is 4.50. The quantitative estimate of drug-likeness (QED) is 0.722. The molecule has 0 atom stereocenters. The number of nitrogens with one attached hydrogen (secondary N) is 1. The van der Waals surface area contributed by atoms with E-state index in [9.17, 15) is 4.79 Å². The molecule has 1 saturated carbocycles. The molecule has 0 bridgehead atoms. The molecule has 1 aliphatic carbocycles. The normalized spacial score (nSPS) is 19.1. The number of nitrogens with zero attached hydrogens (tertiary/aromatic N) is 5. The molecule has 3 heterocycles. The fourth-order valence-corrected chi connectivity index (χ4v) is 4.04. The third-order valence-corrected chi connectivity index (χ3v) is 5.65. The lowest BCUT2D eigenvalue weighted by Gasteiger charge is -2.28. The molecule has 29 heavy (non-hydrogen) atoms. The maximum absolute atomic E-state index is 12.3. The van der Waals surface area contributed by atoms with E-state index in [-0.39, 0.29) is 5.91 Å². The van der Waals surface area contributed by atoms with Crippen molar-refractivity contribution in [2.24, 2.45) is 13.0 Å². The maximum atomic E-state index is 12.3. The molecule has 0 unspecified atom stereocenters. The van der Waals surface area contributed by atoms with E-state index >= 15 is 0 Å². The molecule has 4 rings (SSSR count). The summed E-state index contributed by atoms with van der Waals surface area (Å²) in [5.41, 5.74) is 4.72. The van der Waals surface area contributed by atoms with Gasteiger partial charge < -0.3 is 5.32 Å². The van der Waals surface area contributed by atoms with Gasteiger partial charge in [-0.15, -0.1) is 0 Å². The Labute approximate surface area is 170 Å². The van der Waals surface area contributed by atoms with Crippen molar-refractivity contribution in [1.29, 1.82) is 0 Å². The van der Waals surface area contributed by atoms with Gasteiger partial charge in [-0.05, 0) is 56.2 Å². The summed E-state index contributed by atoms with van der Waals surface area (Å²) in [6, 6.07) is 4.07. The number of aromatic nitrogens is 5. The Morgan fingerprint density at radius 2 is 1.90 bits per heavy atom. The first kappa shape index (κ1) is 19.2. The van der Waals surface area contributed by atoms with Gasteiger partial charge in [-0.2, -0.15) is 5.10 Å². The lowest BCUT2D eigenvalue weighted by Crippen LogP contribution is -2.31. The van der Waals surface area contributed by atoms with Crippen molar-refractivity contribution in [3.63, 3.8) is 0 Å². The molecule has 3 aromatic rings. The number of hydrogen-bond donors (Lipinski definition) is 1. The summed E-state index contributed by atoms with van der Waals surface area (Å²) in [4.78, 5) is 24.7. The predicted octanol–water partition coefficient (Wildman–Crippen LogP) is 3.28. The average Bonchev–Trinajstić information content (AvgIpc) is 3.15. The van der Waals surface area contributed by atoms with Crippen LogP contribution in [0, 0.1) is 12.8 Å². The molecule has 0 aromatic carbocycles. The lowest BCUT2D eigenvalue weighted by atomic mass is 9.79. The SMILES string of the molecule is Cc1cnc(C(=O)NCC2CCC(c3nn(C)cc3-c3ccncc3)CC2)cn1. The predicted molar refractivity (Wildman–Crippen MR) is 110 cm³/mol. The zero-order valence-electron chi connectivity index (χ0n) is 16.9. The minimum Gasteiger partial charge on any atom is -0.350 e. The Balaban J connectivity index is 1.34. The second-order valence-electron chi connectivity index (χ2n) is 7.81. The summed E-state index contributed by atoms with van der Waals surface area (Å²) in [6.07, 6.45) is 13.2. The number of pyridine rings is 1. The van der Waals surface area contributed by atoms with Crippen LogP contribution in [-0.4, -0.2) is 37.2 Å². The fraction of sp³-hybridized carbons (Fsp3) is 0.409. The summed E-state index contributed by atoms with van der Waals surface area (Å²) in [5, 5.41) is 7.78. The van der Waals surface area contributed by atoms with Crippen molar-refractivity contribution >= 4 is 5.91 Å². The fourth-order valence-electron chi connectivity index (χ4n) is 4.04. The van der Waals surface area contributed by atoms with E-state index in [0.29, 0.717) is 24.1 Å². The largest absolute Gasteiger partial charge is 0.350 e. The number of carbonyl (C=O) groups is 1. The molecule has 1 N–H and O–H groups in total. The van der Waals surface area contributed by atoms with Gasteiger partial charge in [0, 0.05) is 49.9 Å². The van der Waals surface area contributed by atoms with E-state index in [0.717, 1.165) is 36.9 Å². The van der Waals surface area contributed by atoms with Gasteiger partial charge >= 0.3 is 0 Å². The number of hydrogen-bond acceptors (Lipinski definition) is 5. The topological polar surface area (TPSA) is 85.6 Å². The van der Waals surface area contributed by atoms with Crippen LogP contribution in [0.5, 0.6) is 0 Å². The third-order valence-electron chi connectivity index (χ3n) is 5.65. The summed E-state index contributed by atoms with van der Waals surface area (Å²) < 4.78 is 1.90. The van der Waals surface area contributed by atoms with Crippen molar-refractivity contribution in [2.75, 3.05) is 6.54 Å². The van der Waals surface area contributed by atoms with E-state index in [1.807, 2.05) is 43.2 Å². The molecule has 3 aromatic heterocycles. The van der Waals surface area contributed by atoms with Crippen LogP contribution in [0.25, 0.3) is 11.1 Å². The maximum Gasteiger partial charge on any atom is 0.271 e. The molecule has 0 radical (unpaired) electrons. The van der Waals surface area contributed by atoms with Gasteiger partial charge in [0.2, 0.25) is 0 Å². The van der Waals surface area contributed by atoms with E-state index in [1.54, 1.807) is 6.20 Å². The average molecular weight is 390 g/mol. The summed E-state index contributed by atoms with van der Waals surface area (Å²) >= 11 is 0. The van der Waals surface area contributed by atoms with Gasteiger partial charge in [-0.1, -0.05) is 0 Å². The summed E-state index contributed by atoms with van der Waals surface area (Å²) in [5.74, 6) is 0.792. The Bertz CT molecular complexity index is 959. The van der Waals surface area contributed by atoms with Gasteiger partial charge in [-0.25, -0.2) is 4.98 Å². The molecule has 150 valence electrons. The van der Waals surface area contributed by atoms with Crippen LogP contribution in [-0.2, 0) is 7.05 Å². The standard InChI is InChI=1S/C22H26N6O/c1-15-11-25-20(13-24-15)22(29)26-12-16-3-5-18(6-4-16)21-19(14-28(2)27-21)17-7-9-23-10-8-17/h7-11,13-14,16,18H,3-6,12H2,1-2H3,(H,26,29). The van der Waals surface area contributed by atoms with Crippen LogP contribution in [0.3, 0.4) is 0 Å². The molecule has 0 spiro atoms. The molecule has 1 aliphatic rings. The van der Waals surface area contributed by atoms with Crippen LogP contribution < -0.4 is 5.32 Å². The second-order valence-corrected chi connectivity index (χ2v) is 7.81. The lowest BCUT2D eigenvalue weighted by molar-refractivity contribution is 0.0937. The summed E-state index contributed by atoms with van der Waals surface area (Å²) in [7, 11) is 1.98. The molecule has 1 amide bonds. The first-order valence-electron chi connectivity index (χ1n) is 10.1. The molecule has 7 nitrogen and oxygen atoms in total. The van der Waals surface area contributed by atoms with Gasteiger partial charge in [0.05, 0.1) is 17.6 Å². The first-order valence-corrected chi connectivity index (χ1v) is 10.1. The van der Waals surface area contributed by atoms with Crippen molar-refractivity contribution in [3.05, 3.63) is 60.2 Å². The van der Waals surface area contributed by atoms with E-state index in [2.05, 4.69) is 26.5 Å². The van der Waals surface area contributed by atoms with E-state index in [1.165, 1.54) is 17.5 Å². The Hall–Kier alpha value is -3.09. The van der Waals surface area contributed by atoms with Gasteiger partial charge in [0.25, 0.3) is 5.91 Å². The molecular formula is C22H26N6O. The highest BCUT2D eigenvalue weighted by atomic mass is 16.1. The number of aryl methyl sites for hydroxylation is 2. The number of amides is 1. The highest BCUT2D eigenvalue weighted by Gasteiger charge is 2.27. The zero-order valence-corrected chi connectivity index (χ0v) is 16.9. The van der Waals surface area contributed by atoms with Crippen molar-refractivity contribution < 1.29 is 4.79 Å². The van der Waals surface area contributed by atoms with Crippen LogP contribution >= 0.6 is 0 Å². The molecule has 0 saturated heterocycles. The number of carbonyl (C=O) groups excluding carboxylic acids is 1. The Kier molecular flexibility index (Phi) is 5.64. The van der Waals surface area contributed by atoms with Crippen molar-refractivity contribution in [1.82, 2.24) is 30.0 Å². The zero-order chi connectivity index (χ0) is 20.2. The van der Waals surface area contributed by atoms with Crippen LogP contribution in [0.15, 0.2) is 43.1 Å². The monoisotopic (exact) mass is 390 g/mol. The highest BCUT2D eigenvalue weighted by Crippen LogP contribution is 2.39. The highest BCUT2D eigenvalue weighted by molar-refractivity contribution is 5.91. The van der Waals surface area contributed by atoms with Crippen molar-refractivity contribution in [2.45, 2.75) is 38.5 Å². The smallest absolute Gasteiger partial charge is 0.271 e. The van der Waals surface area contributed by atoms with Gasteiger partial charge in [0.1, 0.15) is 5.69 Å². The van der Waals surface area contributed by atoms with E-state index < -0.39 is 0 Å². The molecular weight excluding hydrogens is 364 g/mol. The van der Waals surface area contributed by atoms with Gasteiger partial charge in [-0.3, -0.25) is 19.4 Å². The van der Waals surface area contributed by atoms with E-state index in [4.69, 9.17) is 5.10 Å². The van der Waals surface area contributed by atoms with Crippen molar-refractivity contribution in [3.8, 4) is 11.1 Å². The van der Waals surface area contributed by atoms with Crippen LogP contribution in [0.2, 0.25) is 0 Å². The Morgan fingerprint density at radius 3 is 2.59 bits per heavy atom. The minimum atomic E-state index is -0.149. The van der Waals surface area contributed by atoms with Crippen LogP contribution in [0.1, 0.15) is 53.5 Å². The number of rotatable bonds is 5. The molecule has 0 aliphatic heterocycles. The van der Waals surface area contributed by atoms with Crippen LogP contribution in [0.4, 0.5) is 0 Å². The molecule has 7 heteroatoms. The van der Waals surface area contributed by atoms with Gasteiger partial charge in [0.15, 0.2) is 0 Å². The molecule has 1 fully saturated rings. The Morgan fingerprint density at radius 1 is 1.14 bits per heavy atom.